The van der Waals surface area contributed by atoms with Gasteiger partial charge < -0.3 is 20.4 Å². The molecule has 2 rings (SSSR count). The van der Waals surface area contributed by atoms with Gasteiger partial charge in [-0.3, -0.25) is 4.79 Å². The molecule has 1 saturated heterocycles. The first kappa shape index (κ1) is 9.08. The molecular weight excluding hydrogens is 182 g/mol. The first-order valence-corrected chi connectivity index (χ1v) is 4.59. The number of nitrogens with one attached hydrogen (secondary N) is 1. The summed E-state index contributed by atoms with van der Waals surface area (Å²) in [4.78, 5) is 15.8. The zero-order valence-corrected chi connectivity index (χ0v) is 7.82. The van der Waals surface area contributed by atoms with E-state index >= 15 is 0 Å². The van der Waals surface area contributed by atoms with Crippen molar-refractivity contribution in [3.8, 4) is 0 Å². The lowest BCUT2D eigenvalue weighted by atomic mass is 10.3. The minimum Gasteiger partial charge on any atom is -0.393 e. The zero-order valence-electron chi connectivity index (χ0n) is 7.82. The Morgan fingerprint density at radius 2 is 2.14 bits per heavy atom. The van der Waals surface area contributed by atoms with E-state index in [1.54, 1.807) is 6.20 Å². The van der Waals surface area contributed by atoms with Crippen LogP contribution in [0.15, 0.2) is 17.1 Å². The molecule has 0 spiro atoms. The molecule has 1 fully saturated rings. The summed E-state index contributed by atoms with van der Waals surface area (Å²) >= 11 is 0. The summed E-state index contributed by atoms with van der Waals surface area (Å²) in [6.07, 6.45) is 1.61. The van der Waals surface area contributed by atoms with E-state index in [-0.39, 0.29) is 11.2 Å². The smallest absolute Gasteiger partial charge is 0.273 e. The molecule has 2 heterocycles. The standard InChI is InChI=1S/C9H13N3O2/c10-8-7(1-2-11-9(8)13)12-3-5-14-6-4-12/h1-2H,3-6,10H2,(H,11,13). The summed E-state index contributed by atoms with van der Waals surface area (Å²) in [5.74, 6) is 0. The molecule has 5 nitrogen and oxygen atoms in total. The van der Waals surface area contributed by atoms with Gasteiger partial charge in [-0.15, -0.1) is 0 Å². The van der Waals surface area contributed by atoms with Crippen LogP contribution in [0.25, 0.3) is 0 Å². The van der Waals surface area contributed by atoms with E-state index in [1.807, 2.05) is 6.07 Å². The topological polar surface area (TPSA) is 71.3 Å². The van der Waals surface area contributed by atoms with Gasteiger partial charge in [-0.2, -0.15) is 0 Å². The Morgan fingerprint density at radius 1 is 1.43 bits per heavy atom. The first-order valence-electron chi connectivity index (χ1n) is 4.59. The number of nitrogens with two attached hydrogens (primary N) is 1. The Balaban J connectivity index is 2.30. The second-order valence-electron chi connectivity index (χ2n) is 3.21. The van der Waals surface area contributed by atoms with Gasteiger partial charge >= 0.3 is 0 Å². The van der Waals surface area contributed by atoms with E-state index in [9.17, 15) is 4.79 Å². The maximum atomic E-state index is 11.2. The van der Waals surface area contributed by atoms with Crippen molar-refractivity contribution >= 4 is 11.4 Å². The van der Waals surface area contributed by atoms with Crippen LogP contribution in [0.3, 0.4) is 0 Å². The van der Waals surface area contributed by atoms with Crippen LogP contribution in [0.1, 0.15) is 0 Å². The summed E-state index contributed by atoms with van der Waals surface area (Å²) in [5.41, 5.74) is 6.55. The zero-order chi connectivity index (χ0) is 9.97. The molecule has 0 saturated carbocycles. The van der Waals surface area contributed by atoms with Crippen molar-refractivity contribution < 1.29 is 4.74 Å². The summed E-state index contributed by atoms with van der Waals surface area (Å²) in [6, 6.07) is 1.82. The van der Waals surface area contributed by atoms with Crippen LogP contribution in [-0.4, -0.2) is 31.3 Å². The fourth-order valence-corrected chi connectivity index (χ4v) is 1.56. The molecule has 1 aliphatic rings. The van der Waals surface area contributed by atoms with Gasteiger partial charge in [-0.05, 0) is 6.07 Å². The van der Waals surface area contributed by atoms with Gasteiger partial charge in [0, 0.05) is 19.3 Å². The predicted molar refractivity (Wildman–Crippen MR) is 54.5 cm³/mol. The van der Waals surface area contributed by atoms with Crippen molar-refractivity contribution in [2.75, 3.05) is 36.9 Å². The molecular formula is C9H13N3O2. The fraction of sp³-hybridized carbons (Fsp3) is 0.444. The molecule has 5 heteroatoms. The van der Waals surface area contributed by atoms with Gasteiger partial charge in [0.1, 0.15) is 5.69 Å². The number of hydrogen-bond donors (Lipinski definition) is 2. The van der Waals surface area contributed by atoms with Crippen molar-refractivity contribution in [2.24, 2.45) is 0 Å². The minimum atomic E-state index is -0.228. The van der Waals surface area contributed by atoms with Crippen LogP contribution < -0.4 is 16.2 Å². The molecule has 0 unspecified atom stereocenters. The van der Waals surface area contributed by atoms with Crippen LogP contribution in [0.4, 0.5) is 11.4 Å². The summed E-state index contributed by atoms with van der Waals surface area (Å²) in [5, 5.41) is 0. The number of nitrogen functional groups attached to an aromatic ring is 1. The maximum Gasteiger partial charge on any atom is 0.273 e. The summed E-state index contributed by atoms with van der Waals surface area (Å²) in [7, 11) is 0. The second-order valence-corrected chi connectivity index (χ2v) is 3.21. The number of hydrogen-bond acceptors (Lipinski definition) is 4. The monoisotopic (exact) mass is 195 g/mol. The number of anilines is 2. The third-order valence-corrected chi connectivity index (χ3v) is 2.33. The summed E-state index contributed by atoms with van der Waals surface area (Å²) < 4.78 is 5.22. The number of pyridine rings is 1. The fourth-order valence-electron chi connectivity index (χ4n) is 1.56. The molecule has 3 N–H and O–H groups in total. The third-order valence-electron chi connectivity index (χ3n) is 2.33. The van der Waals surface area contributed by atoms with Gasteiger partial charge in [0.15, 0.2) is 0 Å². The van der Waals surface area contributed by atoms with Crippen LogP contribution in [0.5, 0.6) is 0 Å². The Labute approximate surface area is 81.5 Å². The number of nitrogens with zero attached hydrogens (tertiary/aromatic N) is 1. The van der Waals surface area contributed by atoms with Gasteiger partial charge in [0.05, 0.1) is 18.9 Å². The lowest BCUT2D eigenvalue weighted by molar-refractivity contribution is 0.123. The Morgan fingerprint density at radius 3 is 2.86 bits per heavy atom. The van der Waals surface area contributed by atoms with Crippen molar-refractivity contribution in [3.63, 3.8) is 0 Å². The first-order chi connectivity index (χ1) is 6.79. The highest BCUT2D eigenvalue weighted by Gasteiger charge is 2.14. The lowest BCUT2D eigenvalue weighted by Gasteiger charge is -2.29. The average molecular weight is 195 g/mol. The molecule has 0 aromatic carbocycles. The molecule has 14 heavy (non-hydrogen) atoms. The Kier molecular flexibility index (Phi) is 2.41. The van der Waals surface area contributed by atoms with Crippen molar-refractivity contribution in [1.29, 1.82) is 0 Å². The number of aromatic amines is 1. The minimum absolute atomic E-state index is 0.228. The molecule has 1 aromatic heterocycles. The van der Waals surface area contributed by atoms with Crippen LogP contribution in [-0.2, 0) is 4.74 Å². The van der Waals surface area contributed by atoms with Gasteiger partial charge in [0.25, 0.3) is 5.56 Å². The molecule has 1 aromatic rings. The normalized spacial score (nSPS) is 17.0. The van der Waals surface area contributed by atoms with Crippen molar-refractivity contribution in [3.05, 3.63) is 22.6 Å². The largest absolute Gasteiger partial charge is 0.393 e. The van der Waals surface area contributed by atoms with Crippen LogP contribution in [0, 0.1) is 0 Å². The number of ether oxygens (including phenoxy) is 1. The predicted octanol–water partition coefficient (Wildman–Crippen LogP) is -0.206. The summed E-state index contributed by atoms with van der Waals surface area (Å²) in [6.45, 7) is 2.94. The molecule has 0 amide bonds. The van der Waals surface area contributed by atoms with Gasteiger partial charge in [0.2, 0.25) is 0 Å². The molecule has 1 aliphatic heterocycles. The van der Waals surface area contributed by atoms with E-state index < -0.39 is 0 Å². The SMILES string of the molecule is Nc1c(N2CCOCC2)cc[nH]c1=O. The van der Waals surface area contributed by atoms with Gasteiger partial charge in [-0.25, -0.2) is 0 Å². The number of aromatic nitrogens is 1. The van der Waals surface area contributed by atoms with E-state index in [2.05, 4.69) is 9.88 Å². The highest BCUT2D eigenvalue weighted by Crippen LogP contribution is 2.18. The second kappa shape index (κ2) is 3.71. The number of morpholine rings is 1. The quantitative estimate of drug-likeness (QED) is 0.650. The van der Waals surface area contributed by atoms with Crippen molar-refractivity contribution in [1.82, 2.24) is 4.98 Å². The number of rotatable bonds is 1. The van der Waals surface area contributed by atoms with E-state index in [0.29, 0.717) is 13.2 Å². The molecule has 0 bridgehead atoms. The average Bonchev–Trinajstić information content (AvgIpc) is 2.23. The highest BCUT2D eigenvalue weighted by molar-refractivity contribution is 5.65. The Hall–Kier alpha value is -1.49. The van der Waals surface area contributed by atoms with Crippen LogP contribution in [0.2, 0.25) is 0 Å². The molecule has 0 aliphatic carbocycles. The Bertz CT molecular complexity index is 369. The molecule has 76 valence electrons. The lowest BCUT2D eigenvalue weighted by Crippen LogP contribution is -2.37. The van der Waals surface area contributed by atoms with E-state index in [0.717, 1.165) is 18.8 Å². The van der Waals surface area contributed by atoms with Crippen LogP contribution >= 0.6 is 0 Å². The van der Waals surface area contributed by atoms with Gasteiger partial charge in [-0.1, -0.05) is 0 Å². The van der Waals surface area contributed by atoms with E-state index in [1.165, 1.54) is 0 Å². The number of H-pyrrole nitrogens is 1. The van der Waals surface area contributed by atoms with E-state index in [4.69, 9.17) is 10.5 Å². The molecule has 0 radical (unpaired) electrons. The maximum absolute atomic E-state index is 11.2. The molecule has 0 atom stereocenters. The third kappa shape index (κ3) is 1.58. The highest BCUT2D eigenvalue weighted by atomic mass is 16.5. The van der Waals surface area contributed by atoms with Crippen molar-refractivity contribution in [2.45, 2.75) is 0 Å².